The second-order valence-electron chi connectivity index (χ2n) is 6.97. The lowest BCUT2D eigenvalue weighted by Crippen LogP contribution is -2.46. The van der Waals surface area contributed by atoms with Gasteiger partial charge in [-0.15, -0.1) is 0 Å². The summed E-state index contributed by atoms with van der Waals surface area (Å²) in [5.74, 6) is 1.22. The van der Waals surface area contributed by atoms with E-state index in [0.29, 0.717) is 48.3 Å². The van der Waals surface area contributed by atoms with Gasteiger partial charge in [-0.05, 0) is 75.7 Å². The van der Waals surface area contributed by atoms with Gasteiger partial charge in [-0.25, -0.2) is 13.8 Å². The topological polar surface area (TPSA) is 107 Å². The fourth-order valence-electron chi connectivity index (χ4n) is 3.08. The average molecular weight is 478 g/mol. The first-order chi connectivity index (χ1) is 15.7. The van der Waals surface area contributed by atoms with Crippen molar-refractivity contribution in [2.75, 3.05) is 30.4 Å². The fraction of sp³-hybridized carbons (Fsp3) is 0.391. The quantitative estimate of drug-likeness (QED) is 0.372. The molecule has 0 aliphatic heterocycles. The van der Waals surface area contributed by atoms with Gasteiger partial charge in [0.05, 0.1) is 38.0 Å². The number of ether oxygens (including phenoxy) is 3. The Bertz CT molecular complexity index is 1050. The van der Waals surface area contributed by atoms with E-state index < -0.39 is 22.0 Å². The van der Waals surface area contributed by atoms with E-state index in [-0.39, 0.29) is 0 Å². The van der Waals surface area contributed by atoms with Gasteiger partial charge < -0.3 is 14.2 Å². The monoisotopic (exact) mass is 477 g/mol. The van der Waals surface area contributed by atoms with Gasteiger partial charge in [0.2, 0.25) is 10.0 Å². The normalized spacial score (nSPS) is 12.3. The van der Waals surface area contributed by atoms with Crippen molar-refractivity contribution in [3.05, 3.63) is 48.0 Å². The number of anilines is 1. The van der Waals surface area contributed by atoms with Gasteiger partial charge in [0.25, 0.3) is 5.91 Å². The van der Waals surface area contributed by atoms with Crippen LogP contribution in [0.25, 0.3) is 0 Å². The molecule has 0 spiro atoms. The molecular weight excluding hydrogens is 446 g/mol. The third kappa shape index (κ3) is 7.38. The summed E-state index contributed by atoms with van der Waals surface area (Å²) in [6.07, 6.45) is 2.50. The van der Waals surface area contributed by atoms with Crippen molar-refractivity contribution in [3.8, 4) is 17.2 Å². The lowest BCUT2D eigenvalue weighted by atomic mass is 10.2. The number of carbonyl (C=O) groups excluding carboxylic acids is 1. The van der Waals surface area contributed by atoms with Gasteiger partial charge in [-0.2, -0.15) is 5.10 Å². The standard InChI is InChI=1S/C23H31N3O6S/c1-6-30-20-12-10-19(11-13-20)26(33(5,28)29)17(4)23(27)25-24-16-18-9-14-21(31-7-2)22(15-18)32-8-3/h9-17H,6-8H2,1-5H3,(H,25,27)/b24-16-/t17-/m1/s1. The number of carbonyl (C=O) groups is 1. The summed E-state index contributed by atoms with van der Waals surface area (Å²) in [6, 6.07) is 10.7. The highest BCUT2D eigenvalue weighted by atomic mass is 32.2. The van der Waals surface area contributed by atoms with Crippen molar-refractivity contribution in [2.24, 2.45) is 5.10 Å². The van der Waals surface area contributed by atoms with Crippen LogP contribution in [-0.2, 0) is 14.8 Å². The van der Waals surface area contributed by atoms with Crippen LogP contribution < -0.4 is 23.9 Å². The Labute approximate surface area is 195 Å². The van der Waals surface area contributed by atoms with Crippen LogP contribution in [-0.4, -0.2) is 52.7 Å². The Kier molecular flexibility index (Phi) is 9.53. The molecule has 0 bridgehead atoms. The zero-order valence-electron chi connectivity index (χ0n) is 19.6. The minimum atomic E-state index is -3.74. The molecule has 33 heavy (non-hydrogen) atoms. The molecule has 2 aromatic carbocycles. The van der Waals surface area contributed by atoms with E-state index in [9.17, 15) is 13.2 Å². The molecule has 180 valence electrons. The van der Waals surface area contributed by atoms with Crippen molar-refractivity contribution in [3.63, 3.8) is 0 Å². The van der Waals surface area contributed by atoms with Crippen molar-refractivity contribution in [1.82, 2.24) is 5.43 Å². The average Bonchev–Trinajstić information content (AvgIpc) is 2.76. The maximum absolute atomic E-state index is 12.7. The van der Waals surface area contributed by atoms with E-state index in [1.54, 1.807) is 42.5 Å². The highest BCUT2D eigenvalue weighted by molar-refractivity contribution is 7.92. The van der Waals surface area contributed by atoms with Gasteiger partial charge >= 0.3 is 0 Å². The molecule has 0 unspecified atom stereocenters. The van der Waals surface area contributed by atoms with E-state index in [4.69, 9.17) is 14.2 Å². The molecule has 1 amide bonds. The van der Waals surface area contributed by atoms with Crippen molar-refractivity contribution in [2.45, 2.75) is 33.7 Å². The second-order valence-corrected chi connectivity index (χ2v) is 8.83. The van der Waals surface area contributed by atoms with Crippen LogP contribution in [0.15, 0.2) is 47.6 Å². The molecule has 10 heteroatoms. The van der Waals surface area contributed by atoms with Crippen LogP contribution in [0.2, 0.25) is 0 Å². The first-order valence-corrected chi connectivity index (χ1v) is 12.5. The number of benzene rings is 2. The molecule has 9 nitrogen and oxygen atoms in total. The van der Waals surface area contributed by atoms with Gasteiger partial charge in [0.1, 0.15) is 11.8 Å². The minimum absolute atomic E-state index is 0.348. The molecule has 1 N–H and O–H groups in total. The molecule has 2 rings (SSSR count). The third-order valence-electron chi connectivity index (χ3n) is 4.45. The van der Waals surface area contributed by atoms with Crippen LogP contribution in [0.4, 0.5) is 5.69 Å². The number of nitrogens with one attached hydrogen (secondary N) is 1. The molecule has 0 fully saturated rings. The van der Waals surface area contributed by atoms with E-state index in [0.717, 1.165) is 10.6 Å². The Morgan fingerprint density at radius 3 is 2.18 bits per heavy atom. The largest absolute Gasteiger partial charge is 0.494 e. The Morgan fingerprint density at radius 2 is 1.61 bits per heavy atom. The van der Waals surface area contributed by atoms with Crippen LogP contribution in [0.1, 0.15) is 33.3 Å². The molecule has 0 radical (unpaired) electrons. The van der Waals surface area contributed by atoms with Gasteiger partial charge in [0.15, 0.2) is 11.5 Å². The van der Waals surface area contributed by atoms with Crippen molar-refractivity contribution < 1.29 is 27.4 Å². The maximum atomic E-state index is 12.7. The zero-order chi connectivity index (χ0) is 24.4. The number of hydrogen-bond acceptors (Lipinski definition) is 7. The van der Waals surface area contributed by atoms with Gasteiger partial charge in [-0.1, -0.05) is 0 Å². The fourth-order valence-corrected chi connectivity index (χ4v) is 4.25. The number of sulfonamides is 1. The van der Waals surface area contributed by atoms with Gasteiger partial charge in [0, 0.05) is 0 Å². The number of hydrogen-bond donors (Lipinski definition) is 1. The lowest BCUT2D eigenvalue weighted by Gasteiger charge is -2.27. The van der Waals surface area contributed by atoms with Crippen LogP contribution >= 0.6 is 0 Å². The Balaban J connectivity index is 2.15. The molecule has 1 atom stereocenters. The van der Waals surface area contributed by atoms with Crippen LogP contribution in [0.5, 0.6) is 17.2 Å². The molecule has 0 saturated carbocycles. The number of amides is 1. The molecule has 0 saturated heterocycles. The van der Waals surface area contributed by atoms with Gasteiger partial charge in [-0.3, -0.25) is 9.10 Å². The Morgan fingerprint density at radius 1 is 1.00 bits per heavy atom. The van der Waals surface area contributed by atoms with Crippen LogP contribution in [0, 0.1) is 0 Å². The summed E-state index contributed by atoms with van der Waals surface area (Å²) >= 11 is 0. The predicted molar refractivity (Wildman–Crippen MR) is 129 cm³/mol. The molecule has 0 heterocycles. The first kappa shape index (κ1) is 26.0. The highest BCUT2D eigenvalue weighted by Crippen LogP contribution is 2.28. The summed E-state index contributed by atoms with van der Waals surface area (Å²) in [5, 5.41) is 3.97. The predicted octanol–water partition coefficient (Wildman–Crippen LogP) is 3.19. The van der Waals surface area contributed by atoms with E-state index in [1.807, 2.05) is 20.8 Å². The highest BCUT2D eigenvalue weighted by Gasteiger charge is 2.29. The summed E-state index contributed by atoms with van der Waals surface area (Å²) in [7, 11) is -3.74. The van der Waals surface area contributed by atoms with Crippen LogP contribution in [0.3, 0.4) is 0 Å². The molecule has 2 aromatic rings. The molecule has 0 aliphatic carbocycles. The second kappa shape index (κ2) is 12.1. The van der Waals surface area contributed by atoms with Crippen molar-refractivity contribution >= 4 is 27.8 Å². The zero-order valence-corrected chi connectivity index (χ0v) is 20.4. The lowest BCUT2D eigenvalue weighted by molar-refractivity contribution is -0.121. The smallest absolute Gasteiger partial charge is 0.263 e. The maximum Gasteiger partial charge on any atom is 0.263 e. The number of hydrazone groups is 1. The minimum Gasteiger partial charge on any atom is -0.494 e. The molecule has 0 aliphatic rings. The van der Waals surface area contributed by atoms with Crippen molar-refractivity contribution in [1.29, 1.82) is 0 Å². The number of nitrogens with zero attached hydrogens (tertiary/aromatic N) is 2. The SMILES string of the molecule is CCOc1ccc(N([C@H](C)C(=O)N/N=C\c2ccc(OCC)c(OCC)c2)S(C)(=O)=O)cc1. The third-order valence-corrected chi connectivity index (χ3v) is 5.69. The first-order valence-electron chi connectivity index (χ1n) is 10.7. The summed E-state index contributed by atoms with van der Waals surface area (Å²) in [6.45, 7) is 8.58. The Hall–Kier alpha value is -3.27. The van der Waals surface area contributed by atoms with E-state index >= 15 is 0 Å². The van der Waals surface area contributed by atoms with E-state index in [1.165, 1.54) is 13.1 Å². The molecule has 0 aromatic heterocycles. The number of rotatable bonds is 12. The van der Waals surface area contributed by atoms with E-state index in [2.05, 4.69) is 10.5 Å². The molecular formula is C23H31N3O6S. The summed E-state index contributed by atoms with van der Waals surface area (Å²) in [4.78, 5) is 12.7. The summed E-state index contributed by atoms with van der Waals surface area (Å²) in [5.41, 5.74) is 3.43. The summed E-state index contributed by atoms with van der Waals surface area (Å²) < 4.78 is 42.4.